The van der Waals surface area contributed by atoms with E-state index in [9.17, 15) is 4.79 Å². The minimum atomic E-state index is -0.298. The molecule has 1 N–H and O–H groups in total. The molecule has 0 spiro atoms. The lowest BCUT2D eigenvalue weighted by Gasteiger charge is -2.07. The van der Waals surface area contributed by atoms with E-state index in [1.807, 2.05) is 13.8 Å². The average Bonchev–Trinajstić information content (AvgIpc) is 3.09. The first kappa shape index (κ1) is 19.7. The van der Waals surface area contributed by atoms with Gasteiger partial charge in [-0.25, -0.2) is 0 Å². The molecule has 0 fully saturated rings. The number of halogens is 3. The molecule has 0 aliphatic heterocycles. The van der Waals surface area contributed by atoms with Crippen molar-refractivity contribution in [3.05, 3.63) is 62.0 Å². The van der Waals surface area contributed by atoms with Gasteiger partial charge in [0, 0.05) is 34.0 Å². The van der Waals surface area contributed by atoms with Crippen molar-refractivity contribution in [2.45, 2.75) is 33.9 Å². The second-order valence-corrected chi connectivity index (χ2v) is 7.26. The number of amides is 1. The van der Waals surface area contributed by atoms with Crippen LogP contribution in [0.15, 0.2) is 24.4 Å². The quantitative estimate of drug-likeness (QED) is 0.626. The lowest BCUT2D eigenvalue weighted by molar-refractivity contribution is 0.102. The summed E-state index contributed by atoms with van der Waals surface area (Å²) in [5.41, 5.74) is 2.71. The molecule has 0 unspecified atom stereocenters. The number of aromatic nitrogens is 4. The van der Waals surface area contributed by atoms with Crippen LogP contribution in [0.25, 0.3) is 0 Å². The third-order valence-corrected chi connectivity index (χ3v) is 5.22. The van der Waals surface area contributed by atoms with Gasteiger partial charge < -0.3 is 5.32 Å². The van der Waals surface area contributed by atoms with Crippen molar-refractivity contribution in [3.8, 4) is 0 Å². The van der Waals surface area contributed by atoms with E-state index < -0.39 is 0 Å². The molecule has 0 aliphatic rings. The van der Waals surface area contributed by atoms with Crippen LogP contribution in [0.1, 0.15) is 34.2 Å². The first-order valence-corrected chi connectivity index (χ1v) is 9.46. The van der Waals surface area contributed by atoms with Crippen molar-refractivity contribution < 1.29 is 4.79 Å². The van der Waals surface area contributed by atoms with Crippen molar-refractivity contribution in [1.29, 1.82) is 0 Å². The Hall–Kier alpha value is -2.02. The number of hydrogen-bond donors (Lipinski definition) is 1. The number of nitrogens with zero attached hydrogens (tertiary/aromatic N) is 4. The van der Waals surface area contributed by atoms with Crippen LogP contribution in [0.4, 0.5) is 5.82 Å². The van der Waals surface area contributed by atoms with Gasteiger partial charge in [-0.1, -0.05) is 40.9 Å². The summed E-state index contributed by atoms with van der Waals surface area (Å²) in [6, 6.07) is 5.29. The third kappa shape index (κ3) is 3.98. The fourth-order valence-electron chi connectivity index (χ4n) is 2.91. The maximum atomic E-state index is 12.7. The number of anilines is 1. The Morgan fingerprint density at radius 3 is 2.37 bits per heavy atom. The summed E-state index contributed by atoms with van der Waals surface area (Å²) in [6.07, 6.45) is 1.62. The smallest absolute Gasteiger partial charge is 0.260 e. The monoisotopic (exact) mass is 425 g/mol. The van der Waals surface area contributed by atoms with Gasteiger partial charge in [-0.15, -0.1) is 0 Å². The van der Waals surface area contributed by atoms with E-state index in [-0.39, 0.29) is 11.7 Å². The second kappa shape index (κ2) is 7.92. The highest BCUT2D eigenvalue weighted by Crippen LogP contribution is 2.27. The average molecular weight is 427 g/mol. The van der Waals surface area contributed by atoms with Crippen molar-refractivity contribution in [2.75, 3.05) is 5.32 Å². The Balaban J connectivity index is 1.83. The van der Waals surface area contributed by atoms with Crippen LogP contribution >= 0.6 is 34.8 Å². The van der Waals surface area contributed by atoms with Gasteiger partial charge in [0.05, 0.1) is 17.8 Å². The molecule has 3 aromatic rings. The van der Waals surface area contributed by atoms with Crippen molar-refractivity contribution in [2.24, 2.45) is 0 Å². The molecule has 9 heteroatoms. The Kier molecular flexibility index (Phi) is 5.79. The van der Waals surface area contributed by atoms with E-state index in [1.54, 1.807) is 40.7 Å². The van der Waals surface area contributed by atoms with Crippen LogP contribution in [-0.2, 0) is 13.1 Å². The molecule has 0 saturated heterocycles. The van der Waals surface area contributed by atoms with Crippen molar-refractivity contribution in [1.82, 2.24) is 19.6 Å². The van der Waals surface area contributed by atoms with Gasteiger partial charge in [0.15, 0.2) is 5.82 Å². The van der Waals surface area contributed by atoms with E-state index >= 15 is 0 Å². The van der Waals surface area contributed by atoms with E-state index in [0.717, 1.165) is 11.3 Å². The van der Waals surface area contributed by atoms with Crippen molar-refractivity contribution >= 4 is 46.5 Å². The van der Waals surface area contributed by atoms with Crippen LogP contribution in [0, 0.1) is 13.8 Å². The van der Waals surface area contributed by atoms with Gasteiger partial charge in [0.1, 0.15) is 5.02 Å². The zero-order chi connectivity index (χ0) is 19.7. The lowest BCUT2D eigenvalue weighted by Crippen LogP contribution is -2.15. The zero-order valence-corrected chi connectivity index (χ0v) is 17.3. The number of carbonyl (C=O) groups excluding carboxylic acids is 1. The molecule has 142 valence electrons. The Labute approximate surface area is 172 Å². The molecule has 6 nitrogen and oxygen atoms in total. The summed E-state index contributed by atoms with van der Waals surface area (Å²) < 4.78 is 3.37. The lowest BCUT2D eigenvalue weighted by atomic mass is 10.2. The normalized spacial score (nSPS) is 11.0. The van der Waals surface area contributed by atoms with Crippen molar-refractivity contribution in [3.63, 3.8) is 0 Å². The molecule has 3 rings (SSSR count). The number of carbonyl (C=O) groups is 1. The number of aryl methyl sites for hydroxylation is 2. The molecule has 0 radical (unpaired) electrons. The molecule has 1 amide bonds. The number of nitrogens with one attached hydrogen (secondary N) is 1. The predicted molar refractivity (Wildman–Crippen MR) is 108 cm³/mol. The third-order valence-electron chi connectivity index (χ3n) is 4.24. The minimum absolute atomic E-state index is 0.271. The molecule has 27 heavy (non-hydrogen) atoms. The van der Waals surface area contributed by atoms with Crippen LogP contribution in [0.2, 0.25) is 15.1 Å². The molecule has 0 atom stereocenters. The van der Waals surface area contributed by atoms with Crippen LogP contribution in [-0.4, -0.2) is 25.5 Å². The summed E-state index contributed by atoms with van der Waals surface area (Å²) in [5, 5.41) is 12.9. The first-order chi connectivity index (χ1) is 12.8. The van der Waals surface area contributed by atoms with Gasteiger partial charge in [-0.05, 0) is 32.9 Å². The molecular weight excluding hydrogens is 409 g/mol. The standard InChI is InChI=1S/C18H18Cl3N5O/c1-4-26-11(3)16(10(2)23-26)18(27)22-17-15(21)9-25(24-17)8-12-13(19)6-5-7-14(12)20/h5-7,9H,4,8H2,1-3H3,(H,22,24,27). The van der Waals surface area contributed by atoms with Gasteiger partial charge in [-0.2, -0.15) is 10.2 Å². The van der Waals surface area contributed by atoms with Gasteiger partial charge in [0.25, 0.3) is 5.91 Å². The number of benzene rings is 1. The maximum Gasteiger partial charge on any atom is 0.260 e. The zero-order valence-electron chi connectivity index (χ0n) is 15.1. The summed E-state index contributed by atoms with van der Waals surface area (Å²) in [5.74, 6) is -0.0273. The Morgan fingerprint density at radius 2 is 1.78 bits per heavy atom. The molecule has 2 aromatic heterocycles. The SMILES string of the molecule is CCn1nc(C)c(C(=O)Nc2nn(Cc3c(Cl)cccc3Cl)cc2Cl)c1C. The van der Waals surface area contributed by atoms with Crippen LogP contribution < -0.4 is 5.32 Å². The fourth-order valence-corrected chi connectivity index (χ4v) is 3.63. The van der Waals surface area contributed by atoms with Crippen LogP contribution in [0.5, 0.6) is 0 Å². The van der Waals surface area contributed by atoms with E-state index in [1.165, 1.54) is 0 Å². The number of rotatable bonds is 5. The second-order valence-electron chi connectivity index (χ2n) is 6.04. The van der Waals surface area contributed by atoms with Gasteiger partial charge in [-0.3, -0.25) is 14.2 Å². The molecule has 2 heterocycles. The molecule has 0 aliphatic carbocycles. The molecule has 0 saturated carbocycles. The Morgan fingerprint density at radius 1 is 1.11 bits per heavy atom. The summed E-state index contributed by atoms with van der Waals surface area (Å²) >= 11 is 18.7. The fraction of sp³-hybridized carbons (Fsp3) is 0.278. The topological polar surface area (TPSA) is 64.7 Å². The summed E-state index contributed by atoms with van der Waals surface area (Å²) in [7, 11) is 0. The van der Waals surface area contributed by atoms with E-state index in [0.29, 0.717) is 39.4 Å². The molecular formula is C18H18Cl3N5O. The predicted octanol–water partition coefficient (Wildman–Crippen LogP) is 4.98. The van der Waals surface area contributed by atoms with Gasteiger partial charge in [0.2, 0.25) is 0 Å². The number of hydrogen-bond acceptors (Lipinski definition) is 3. The Bertz CT molecular complexity index is 989. The highest BCUT2D eigenvalue weighted by Gasteiger charge is 2.20. The minimum Gasteiger partial charge on any atom is -0.304 e. The highest BCUT2D eigenvalue weighted by atomic mass is 35.5. The highest BCUT2D eigenvalue weighted by molar-refractivity contribution is 6.36. The largest absolute Gasteiger partial charge is 0.304 e. The molecule has 1 aromatic carbocycles. The maximum absolute atomic E-state index is 12.7. The van der Waals surface area contributed by atoms with Gasteiger partial charge >= 0.3 is 0 Å². The summed E-state index contributed by atoms with van der Waals surface area (Å²) in [6.45, 7) is 6.65. The van der Waals surface area contributed by atoms with Crippen LogP contribution in [0.3, 0.4) is 0 Å². The van der Waals surface area contributed by atoms with E-state index in [4.69, 9.17) is 34.8 Å². The molecule has 0 bridgehead atoms. The van der Waals surface area contributed by atoms with E-state index in [2.05, 4.69) is 15.5 Å². The first-order valence-electron chi connectivity index (χ1n) is 8.33. The summed E-state index contributed by atoms with van der Waals surface area (Å²) in [4.78, 5) is 12.7.